The van der Waals surface area contributed by atoms with Crippen molar-refractivity contribution in [1.29, 1.82) is 0 Å². The van der Waals surface area contributed by atoms with Crippen LogP contribution in [-0.4, -0.2) is 3.21 Å². The molecule has 0 unspecified atom stereocenters. The standard InChI is InChI=1S/C21H25.C9H10.C5H5.2ClH.Zr/c1-20(2,3)16-7-9-18-14(12-16)11-15-13-17(21(4,5)6)8-10-19(15)18;1-3-9-6-4-8(2)5-7-9;1-2-4-5-3-1;;;/h7-10,12H,11H2,1-6H3;4-7H,1-2H3;1-3H,4H2;2*1H;/q;;;;;+2/p-2. The van der Waals surface area contributed by atoms with Crippen molar-refractivity contribution < 1.29 is 46.1 Å². The maximum atomic E-state index is 2.49. The van der Waals surface area contributed by atoms with Gasteiger partial charge in [-0.3, -0.25) is 0 Å². The number of hydrogen-bond acceptors (Lipinski definition) is 0. The first-order chi connectivity index (χ1) is 16.9. The molecule has 0 saturated carbocycles. The predicted octanol–water partition coefficient (Wildman–Crippen LogP) is 2.50. The average Bonchev–Trinajstić information content (AvgIpc) is 3.46. The fourth-order valence-corrected chi connectivity index (χ4v) is 14.4. The summed E-state index contributed by atoms with van der Waals surface area (Å²) in [5, 5.41) is 0. The molecule has 0 aliphatic heterocycles. The predicted molar refractivity (Wildman–Crippen MR) is 155 cm³/mol. The number of aryl methyl sites for hydroxylation is 1. The van der Waals surface area contributed by atoms with Gasteiger partial charge in [-0.2, -0.15) is 0 Å². The molecule has 198 valence electrons. The molecular formula is C35H40Cl2Zr. The van der Waals surface area contributed by atoms with Crippen molar-refractivity contribution in [2.24, 2.45) is 0 Å². The van der Waals surface area contributed by atoms with Gasteiger partial charge in [-0.15, -0.1) is 0 Å². The Labute approximate surface area is 250 Å². The van der Waals surface area contributed by atoms with Gasteiger partial charge in [0, 0.05) is 0 Å². The van der Waals surface area contributed by atoms with Gasteiger partial charge in [0.05, 0.1) is 0 Å². The monoisotopic (exact) mass is 620 g/mol. The summed E-state index contributed by atoms with van der Waals surface area (Å²) in [5.41, 5.74) is 12.1. The van der Waals surface area contributed by atoms with Crippen LogP contribution in [0.3, 0.4) is 0 Å². The van der Waals surface area contributed by atoms with E-state index in [4.69, 9.17) is 0 Å². The Balaban J connectivity index is 0.00000200. The minimum atomic E-state index is -2.42. The number of halogens is 2. The van der Waals surface area contributed by atoms with Crippen molar-refractivity contribution in [2.45, 2.75) is 79.1 Å². The number of benzene rings is 3. The van der Waals surface area contributed by atoms with Crippen molar-refractivity contribution in [3.63, 3.8) is 0 Å². The van der Waals surface area contributed by atoms with E-state index in [1.165, 1.54) is 33.4 Å². The Bertz CT molecular complexity index is 1440. The van der Waals surface area contributed by atoms with E-state index in [0.29, 0.717) is 0 Å². The Morgan fingerprint density at radius 2 is 1.45 bits per heavy atom. The quantitative estimate of drug-likeness (QED) is 0.330. The topological polar surface area (TPSA) is 0 Å². The smallest absolute Gasteiger partial charge is 1.00 e. The average molecular weight is 623 g/mol. The third-order valence-corrected chi connectivity index (χ3v) is 15.6. The second-order valence-corrected chi connectivity index (χ2v) is 19.2. The number of fused-ring (bicyclic) bond motifs is 3. The first-order valence-electron chi connectivity index (χ1n) is 13.4. The Morgan fingerprint density at radius 1 is 0.789 bits per heavy atom. The van der Waals surface area contributed by atoms with Gasteiger partial charge < -0.3 is 24.8 Å². The van der Waals surface area contributed by atoms with Crippen molar-refractivity contribution >= 4 is 6.48 Å². The van der Waals surface area contributed by atoms with E-state index in [1.54, 1.807) is 20.9 Å². The van der Waals surface area contributed by atoms with E-state index in [1.807, 2.05) is 0 Å². The van der Waals surface area contributed by atoms with Crippen molar-refractivity contribution in [3.05, 3.63) is 109 Å². The first kappa shape index (κ1) is 31.0. The summed E-state index contributed by atoms with van der Waals surface area (Å²) >= 11 is -2.42. The van der Waals surface area contributed by atoms with Crippen molar-refractivity contribution in [1.82, 2.24) is 0 Å². The molecule has 0 fully saturated rings. The molecule has 0 N–H and O–H groups in total. The summed E-state index contributed by atoms with van der Waals surface area (Å²) < 4.78 is 5.10. The third kappa shape index (κ3) is 5.82. The van der Waals surface area contributed by atoms with E-state index in [9.17, 15) is 0 Å². The van der Waals surface area contributed by atoms with Crippen LogP contribution in [-0.2, 0) is 38.5 Å². The van der Waals surface area contributed by atoms with Crippen LogP contribution >= 0.6 is 0 Å². The summed E-state index contributed by atoms with van der Waals surface area (Å²) in [6.07, 6.45) is 9.30. The third-order valence-electron chi connectivity index (χ3n) is 7.95. The van der Waals surface area contributed by atoms with Crippen LogP contribution in [0.5, 0.6) is 0 Å². The van der Waals surface area contributed by atoms with E-state index in [2.05, 4.69) is 128 Å². The molecule has 2 aliphatic carbocycles. The van der Waals surface area contributed by atoms with E-state index in [-0.39, 0.29) is 35.6 Å². The summed E-state index contributed by atoms with van der Waals surface area (Å²) in [7, 11) is 0. The SMILES string of the molecule is C/[C](c1ccc(C)cc1)=[Zr+2](\[C]1=CC=CC1)[c]1c(C(C)(C)C)ccc2c1Cc1cc(C(C)(C)C)ccc1-2.[Cl-].[Cl-]. The van der Waals surface area contributed by atoms with Crippen LogP contribution in [0.4, 0.5) is 0 Å². The van der Waals surface area contributed by atoms with Gasteiger partial charge in [-0.05, 0) is 0 Å². The minimum absolute atomic E-state index is 0. The van der Waals surface area contributed by atoms with Gasteiger partial charge in [0.2, 0.25) is 0 Å². The van der Waals surface area contributed by atoms with Crippen LogP contribution in [0.25, 0.3) is 11.1 Å². The maximum Gasteiger partial charge on any atom is -1.00 e. The Kier molecular flexibility index (Phi) is 9.41. The second-order valence-electron chi connectivity index (χ2n) is 12.8. The van der Waals surface area contributed by atoms with Crippen molar-refractivity contribution in [2.75, 3.05) is 0 Å². The van der Waals surface area contributed by atoms with Gasteiger partial charge >= 0.3 is 227 Å². The van der Waals surface area contributed by atoms with Crippen LogP contribution < -0.4 is 28.1 Å². The zero-order valence-corrected chi connectivity index (χ0v) is 28.1. The van der Waals surface area contributed by atoms with Gasteiger partial charge in [0.1, 0.15) is 0 Å². The summed E-state index contributed by atoms with van der Waals surface area (Å²) in [4.78, 5) is 0. The zero-order chi connectivity index (χ0) is 25.8. The zero-order valence-electron chi connectivity index (χ0n) is 24.1. The summed E-state index contributed by atoms with van der Waals surface area (Å²) in [5.74, 6) is 0. The van der Waals surface area contributed by atoms with Crippen LogP contribution in [0.2, 0.25) is 0 Å². The first-order valence-corrected chi connectivity index (χ1v) is 17.1. The number of hydrogen-bond donors (Lipinski definition) is 0. The van der Waals surface area contributed by atoms with Gasteiger partial charge in [0.25, 0.3) is 0 Å². The normalized spacial score (nSPS) is 14.2. The van der Waals surface area contributed by atoms with Gasteiger partial charge in [-0.1, -0.05) is 0 Å². The van der Waals surface area contributed by atoms with E-state index < -0.39 is 21.3 Å². The van der Waals surface area contributed by atoms with Gasteiger partial charge in [0.15, 0.2) is 0 Å². The van der Waals surface area contributed by atoms with Crippen LogP contribution in [0.1, 0.15) is 88.3 Å². The molecule has 3 aromatic carbocycles. The molecule has 0 amide bonds. The molecule has 2 aliphatic rings. The van der Waals surface area contributed by atoms with Crippen molar-refractivity contribution in [3.8, 4) is 11.1 Å². The molecule has 3 heteroatoms. The number of rotatable bonds is 3. The van der Waals surface area contributed by atoms with Crippen LogP contribution in [0.15, 0.2) is 76.1 Å². The molecule has 5 rings (SSSR count). The largest absolute Gasteiger partial charge is 1.00 e. The molecule has 0 saturated heterocycles. The maximum absolute atomic E-state index is 2.49. The Morgan fingerprint density at radius 3 is 2.03 bits per heavy atom. The molecule has 0 nitrogen and oxygen atoms in total. The molecule has 3 aromatic rings. The molecule has 0 heterocycles. The number of allylic oxidation sites excluding steroid dienone is 4. The van der Waals surface area contributed by atoms with Crippen LogP contribution in [0, 0.1) is 6.92 Å². The molecule has 0 atom stereocenters. The minimum Gasteiger partial charge on any atom is -1.00 e. The van der Waals surface area contributed by atoms with E-state index in [0.717, 1.165) is 12.8 Å². The summed E-state index contributed by atoms with van der Waals surface area (Å²) in [6, 6.07) is 21.5. The molecule has 0 spiro atoms. The van der Waals surface area contributed by atoms with E-state index >= 15 is 0 Å². The summed E-state index contributed by atoms with van der Waals surface area (Å²) in [6.45, 7) is 18.8. The molecule has 0 aromatic heterocycles. The fraction of sp³-hybridized carbons (Fsp3) is 0.343. The molecule has 0 radical (unpaired) electrons. The fourth-order valence-electron chi connectivity index (χ4n) is 5.82. The Hall–Kier alpha value is -1.53. The molecule has 0 bridgehead atoms. The second kappa shape index (κ2) is 11.5. The molecular weight excluding hydrogens is 583 g/mol. The van der Waals surface area contributed by atoms with Gasteiger partial charge in [-0.25, -0.2) is 0 Å². The molecule has 38 heavy (non-hydrogen) atoms.